The van der Waals surface area contributed by atoms with E-state index in [0.717, 1.165) is 33.5 Å². The van der Waals surface area contributed by atoms with Crippen molar-refractivity contribution in [2.75, 3.05) is 26.6 Å². The minimum atomic E-state index is -0.190. The Morgan fingerprint density at radius 1 is 0.900 bits per heavy atom. The van der Waals surface area contributed by atoms with Gasteiger partial charge in [0, 0.05) is 28.4 Å². The van der Waals surface area contributed by atoms with Crippen molar-refractivity contribution in [2.45, 2.75) is 13.0 Å². The second kappa shape index (κ2) is 8.37. The summed E-state index contributed by atoms with van der Waals surface area (Å²) in [7, 11) is 4.85. The van der Waals surface area contributed by atoms with Crippen LogP contribution in [0, 0.1) is 6.92 Å². The van der Waals surface area contributed by atoms with Crippen LogP contribution in [0.25, 0.3) is 10.9 Å². The fourth-order valence-electron chi connectivity index (χ4n) is 3.86. The molecule has 0 spiro atoms. The van der Waals surface area contributed by atoms with Crippen molar-refractivity contribution in [3.05, 3.63) is 77.6 Å². The third-order valence-electron chi connectivity index (χ3n) is 5.21. The Labute approximate surface area is 175 Å². The number of H-pyrrole nitrogens is 1. The number of fused-ring (bicyclic) bond motifs is 1. The van der Waals surface area contributed by atoms with E-state index in [2.05, 4.69) is 34.3 Å². The van der Waals surface area contributed by atoms with E-state index in [4.69, 9.17) is 14.2 Å². The van der Waals surface area contributed by atoms with Crippen LogP contribution in [-0.2, 0) is 0 Å². The zero-order valence-corrected chi connectivity index (χ0v) is 17.5. The van der Waals surface area contributed by atoms with E-state index in [9.17, 15) is 0 Å². The molecule has 2 aromatic carbocycles. The lowest BCUT2D eigenvalue weighted by Gasteiger charge is -2.23. The Kier molecular flexibility index (Phi) is 5.48. The number of anilines is 1. The highest BCUT2D eigenvalue weighted by Gasteiger charge is 2.24. The quantitative estimate of drug-likeness (QED) is 0.449. The fraction of sp³-hybridized carbons (Fsp3) is 0.208. The van der Waals surface area contributed by atoms with E-state index in [1.165, 1.54) is 0 Å². The SMILES string of the molecule is COc1cc([C@@H](Nc2ccccn2)c2c(C)[nH]c3ccccc23)cc(OC)c1OC. The predicted molar refractivity (Wildman–Crippen MR) is 119 cm³/mol. The second-order valence-electron chi connectivity index (χ2n) is 6.96. The molecule has 0 unspecified atom stereocenters. The van der Waals surface area contributed by atoms with Crippen molar-refractivity contribution >= 4 is 16.7 Å². The summed E-state index contributed by atoms with van der Waals surface area (Å²) in [5.41, 5.74) is 4.29. The molecule has 154 valence electrons. The summed E-state index contributed by atoms with van der Waals surface area (Å²) < 4.78 is 16.7. The molecule has 0 saturated heterocycles. The molecule has 0 aliphatic carbocycles. The lowest BCUT2D eigenvalue weighted by molar-refractivity contribution is 0.323. The molecule has 0 amide bonds. The molecular formula is C24H25N3O3. The molecule has 0 fully saturated rings. The van der Waals surface area contributed by atoms with Crippen LogP contribution in [0.2, 0.25) is 0 Å². The van der Waals surface area contributed by atoms with E-state index in [-0.39, 0.29) is 6.04 Å². The summed E-state index contributed by atoms with van der Waals surface area (Å²) in [5.74, 6) is 2.56. The van der Waals surface area contributed by atoms with Crippen LogP contribution in [0.4, 0.5) is 5.82 Å². The molecule has 0 aliphatic rings. The third-order valence-corrected chi connectivity index (χ3v) is 5.21. The van der Waals surface area contributed by atoms with E-state index >= 15 is 0 Å². The number of nitrogens with one attached hydrogen (secondary N) is 2. The number of rotatable bonds is 7. The molecule has 2 aromatic heterocycles. The first-order chi connectivity index (χ1) is 14.7. The topological polar surface area (TPSA) is 68.4 Å². The van der Waals surface area contributed by atoms with Crippen molar-refractivity contribution in [3.8, 4) is 17.2 Å². The average Bonchev–Trinajstić information content (AvgIpc) is 3.12. The zero-order chi connectivity index (χ0) is 21.1. The monoisotopic (exact) mass is 403 g/mol. The summed E-state index contributed by atoms with van der Waals surface area (Å²) in [4.78, 5) is 7.97. The second-order valence-corrected chi connectivity index (χ2v) is 6.96. The molecular weight excluding hydrogens is 378 g/mol. The maximum Gasteiger partial charge on any atom is 0.203 e. The van der Waals surface area contributed by atoms with Gasteiger partial charge in [0.1, 0.15) is 5.82 Å². The van der Waals surface area contributed by atoms with Crippen molar-refractivity contribution < 1.29 is 14.2 Å². The first kappa shape index (κ1) is 19.6. The lowest BCUT2D eigenvalue weighted by Crippen LogP contribution is -2.14. The van der Waals surface area contributed by atoms with Crippen molar-refractivity contribution in [2.24, 2.45) is 0 Å². The van der Waals surface area contributed by atoms with Crippen molar-refractivity contribution in [3.63, 3.8) is 0 Å². The van der Waals surface area contributed by atoms with Crippen LogP contribution < -0.4 is 19.5 Å². The number of pyridine rings is 1. The van der Waals surface area contributed by atoms with E-state index in [1.807, 2.05) is 42.5 Å². The van der Waals surface area contributed by atoms with E-state index < -0.39 is 0 Å². The number of aryl methyl sites for hydroxylation is 1. The Hall–Kier alpha value is -3.67. The predicted octanol–water partition coefficient (Wildman–Crippen LogP) is 5.10. The summed E-state index contributed by atoms with van der Waals surface area (Å²) in [6.45, 7) is 2.08. The standard InChI is InChI=1S/C24H25N3O3/c1-15-22(17-9-5-6-10-18(17)26-15)23(27-21-11-7-8-12-25-21)16-13-19(28-2)24(30-4)20(14-16)29-3/h5-14,23,26H,1-4H3,(H,25,27)/t23-/m1/s1. The molecule has 6 heteroatoms. The maximum atomic E-state index is 5.60. The Morgan fingerprint density at radius 2 is 1.60 bits per heavy atom. The van der Waals surface area contributed by atoms with Gasteiger partial charge in [-0.15, -0.1) is 0 Å². The highest BCUT2D eigenvalue weighted by atomic mass is 16.5. The van der Waals surface area contributed by atoms with Gasteiger partial charge in [-0.2, -0.15) is 0 Å². The molecule has 0 radical (unpaired) electrons. The Bertz CT molecular complexity index is 1130. The van der Waals surface area contributed by atoms with Gasteiger partial charge in [0.25, 0.3) is 0 Å². The molecule has 1 atom stereocenters. The van der Waals surface area contributed by atoms with Gasteiger partial charge in [0.2, 0.25) is 5.75 Å². The number of ether oxygens (including phenoxy) is 3. The van der Waals surface area contributed by atoms with Gasteiger partial charge >= 0.3 is 0 Å². The number of aromatic amines is 1. The van der Waals surface area contributed by atoms with Crippen LogP contribution in [0.5, 0.6) is 17.2 Å². The van der Waals surface area contributed by atoms with Gasteiger partial charge in [-0.05, 0) is 42.8 Å². The van der Waals surface area contributed by atoms with E-state index in [0.29, 0.717) is 17.2 Å². The average molecular weight is 403 g/mol. The van der Waals surface area contributed by atoms with Gasteiger partial charge in [-0.25, -0.2) is 4.98 Å². The fourth-order valence-corrected chi connectivity index (χ4v) is 3.86. The third kappa shape index (κ3) is 3.52. The normalized spacial score (nSPS) is 11.9. The van der Waals surface area contributed by atoms with Crippen LogP contribution in [0.3, 0.4) is 0 Å². The number of benzene rings is 2. The Balaban J connectivity index is 1.93. The smallest absolute Gasteiger partial charge is 0.203 e. The summed E-state index contributed by atoms with van der Waals surface area (Å²) in [6.07, 6.45) is 1.77. The molecule has 2 N–H and O–H groups in total. The number of aromatic nitrogens is 2. The molecule has 0 aliphatic heterocycles. The largest absolute Gasteiger partial charge is 0.493 e. The highest BCUT2D eigenvalue weighted by molar-refractivity contribution is 5.86. The zero-order valence-electron chi connectivity index (χ0n) is 17.5. The van der Waals surface area contributed by atoms with E-state index in [1.54, 1.807) is 27.5 Å². The molecule has 6 nitrogen and oxygen atoms in total. The number of hydrogen-bond acceptors (Lipinski definition) is 5. The van der Waals surface area contributed by atoms with Gasteiger partial charge in [0.05, 0.1) is 27.4 Å². The van der Waals surface area contributed by atoms with Crippen molar-refractivity contribution in [1.82, 2.24) is 9.97 Å². The molecule has 2 heterocycles. The van der Waals surface area contributed by atoms with Crippen LogP contribution in [0.1, 0.15) is 22.9 Å². The summed E-state index contributed by atoms with van der Waals surface area (Å²) in [5, 5.41) is 4.74. The van der Waals surface area contributed by atoms with Crippen molar-refractivity contribution in [1.29, 1.82) is 0 Å². The summed E-state index contributed by atoms with van der Waals surface area (Å²) in [6, 6.07) is 17.9. The lowest BCUT2D eigenvalue weighted by atomic mass is 9.95. The minimum Gasteiger partial charge on any atom is -0.493 e. The number of hydrogen-bond donors (Lipinski definition) is 2. The first-order valence-corrected chi connectivity index (χ1v) is 9.71. The molecule has 0 saturated carbocycles. The number of nitrogens with zero attached hydrogens (tertiary/aromatic N) is 1. The summed E-state index contributed by atoms with van der Waals surface area (Å²) >= 11 is 0. The van der Waals surface area contributed by atoms with Gasteiger partial charge in [-0.3, -0.25) is 0 Å². The van der Waals surface area contributed by atoms with Crippen LogP contribution >= 0.6 is 0 Å². The van der Waals surface area contributed by atoms with Gasteiger partial charge in [0.15, 0.2) is 11.5 Å². The van der Waals surface area contributed by atoms with Crippen LogP contribution in [-0.4, -0.2) is 31.3 Å². The maximum absolute atomic E-state index is 5.60. The Morgan fingerprint density at radius 3 is 2.23 bits per heavy atom. The highest BCUT2D eigenvalue weighted by Crippen LogP contribution is 2.43. The van der Waals surface area contributed by atoms with Crippen LogP contribution in [0.15, 0.2) is 60.8 Å². The van der Waals surface area contributed by atoms with Gasteiger partial charge < -0.3 is 24.5 Å². The molecule has 30 heavy (non-hydrogen) atoms. The van der Waals surface area contributed by atoms with Gasteiger partial charge in [-0.1, -0.05) is 24.3 Å². The first-order valence-electron chi connectivity index (χ1n) is 9.71. The number of methoxy groups -OCH3 is 3. The molecule has 0 bridgehead atoms. The molecule has 4 rings (SSSR count). The number of para-hydroxylation sites is 1. The minimum absolute atomic E-state index is 0.190. The molecule has 4 aromatic rings.